The molecule has 22 heavy (non-hydrogen) atoms. The molecule has 2 N–H and O–H groups in total. The average molecular weight is 305 g/mol. The minimum Gasteiger partial charge on any atom is -0.491 e. The van der Waals surface area contributed by atoms with Crippen molar-refractivity contribution < 1.29 is 14.1 Å². The standard InChI is InChI=1S/C16H24N4O2/c1-6-8-13-15-14(22-5)9-7-10-20(15,12(4)18-13)19-16(21)17-11(2)3/h7,9-11H,6,8H2,1-5H3,(H-,17,19,21)/p+1. The Labute approximate surface area is 131 Å². The molecule has 2 rings (SSSR count). The van der Waals surface area contributed by atoms with Crippen LogP contribution >= 0.6 is 0 Å². The van der Waals surface area contributed by atoms with Crippen LogP contribution < -0.4 is 10.7 Å². The molecule has 2 aliphatic rings. The number of ether oxygens (including phenoxy) is 1. The Kier molecular flexibility index (Phi) is 4.71. The third-order valence-electron chi connectivity index (χ3n) is 3.63. The zero-order chi connectivity index (χ0) is 16.3. The van der Waals surface area contributed by atoms with E-state index < -0.39 is 0 Å². The number of quaternary nitrogens is 1. The van der Waals surface area contributed by atoms with Crippen LogP contribution in [0.5, 0.6) is 0 Å². The van der Waals surface area contributed by atoms with Gasteiger partial charge in [0, 0.05) is 13.0 Å². The zero-order valence-corrected chi connectivity index (χ0v) is 13.9. The highest BCUT2D eigenvalue weighted by molar-refractivity contribution is 5.82. The summed E-state index contributed by atoms with van der Waals surface area (Å²) >= 11 is 0. The molecule has 1 unspecified atom stereocenters. The fraction of sp³-hybridized carbons (Fsp3) is 0.500. The normalized spacial score (nSPS) is 23.2. The van der Waals surface area contributed by atoms with Gasteiger partial charge in [-0.15, -0.1) is 4.59 Å². The van der Waals surface area contributed by atoms with Gasteiger partial charge in [0.05, 0.1) is 7.11 Å². The van der Waals surface area contributed by atoms with Gasteiger partial charge in [0.1, 0.15) is 11.9 Å². The van der Waals surface area contributed by atoms with Crippen LogP contribution in [0.15, 0.2) is 40.5 Å². The second kappa shape index (κ2) is 6.36. The molecule has 0 spiro atoms. The number of rotatable bonds is 5. The number of carbonyl (C=O) groups excluding carboxylic acids is 1. The molecule has 120 valence electrons. The largest absolute Gasteiger partial charge is 0.491 e. The SMILES string of the molecule is CCCC1=C2C(OC)=CC=C[N+]2(NC(=O)NC(C)C)C(C)=N1. The number of nitrogens with one attached hydrogen (secondary N) is 2. The van der Waals surface area contributed by atoms with Crippen molar-refractivity contribution in [3.8, 4) is 0 Å². The van der Waals surface area contributed by atoms with E-state index in [4.69, 9.17) is 4.74 Å². The summed E-state index contributed by atoms with van der Waals surface area (Å²) in [6.07, 6.45) is 7.52. The summed E-state index contributed by atoms with van der Waals surface area (Å²) in [5, 5.41) is 2.86. The van der Waals surface area contributed by atoms with Crippen molar-refractivity contribution in [3.05, 3.63) is 35.5 Å². The molecule has 0 aliphatic carbocycles. The van der Waals surface area contributed by atoms with Gasteiger partial charge in [-0.25, -0.2) is 4.79 Å². The van der Waals surface area contributed by atoms with Crippen molar-refractivity contribution in [2.24, 2.45) is 4.99 Å². The summed E-state index contributed by atoms with van der Waals surface area (Å²) in [5.41, 5.74) is 4.87. The fourth-order valence-corrected chi connectivity index (χ4v) is 2.73. The topological polar surface area (TPSA) is 62.7 Å². The van der Waals surface area contributed by atoms with E-state index in [1.807, 2.05) is 39.1 Å². The van der Waals surface area contributed by atoms with Crippen LogP contribution in [0.4, 0.5) is 4.79 Å². The molecule has 1 atom stereocenters. The average Bonchev–Trinajstić information content (AvgIpc) is 2.71. The second-order valence-electron chi connectivity index (χ2n) is 5.74. The number of aliphatic imine (C=N–C) groups is 1. The molecule has 0 saturated heterocycles. The third-order valence-corrected chi connectivity index (χ3v) is 3.63. The molecule has 0 saturated carbocycles. The smallest absolute Gasteiger partial charge is 0.360 e. The number of urea groups is 1. The molecular formula is C16H25N4O2+. The summed E-state index contributed by atoms with van der Waals surface area (Å²) in [6.45, 7) is 7.88. The zero-order valence-electron chi connectivity index (χ0n) is 13.9. The van der Waals surface area contributed by atoms with Crippen LogP contribution in [0.25, 0.3) is 0 Å². The Bertz CT molecular complexity index is 587. The minimum absolute atomic E-state index is 0.0618. The Balaban J connectivity index is 2.42. The first-order valence-electron chi connectivity index (χ1n) is 7.65. The highest BCUT2D eigenvalue weighted by Crippen LogP contribution is 2.38. The predicted molar refractivity (Wildman–Crippen MR) is 86.3 cm³/mol. The summed E-state index contributed by atoms with van der Waals surface area (Å²) in [5.74, 6) is 1.53. The third kappa shape index (κ3) is 2.78. The fourth-order valence-electron chi connectivity index (χ4n) is 2.73. The van der Waals surface area contributed by atoms with Crippen molar-refractivity contribution in [3.63, 3.8) is 0 Å². The molecule has 0 aromatic rings. The van der Waals surface area contributed by atoms with E-state index >= 15 is 0 Å². The highest BCUT2D eigenvalue weighted by Gasteiger charge is 2.48. The second-order valence-corrected chi connectivity index (χ2v) is 5.74. The number of carbonyl (C=O) groups is 1. The number of allylic oxidation sites excluding steroid dienone is 3. The van der Waals surface area contributed by atoms with Gasteiger partial charge in [-0.3, -0.25) is 0 Å². The van der Waals surface area contributed by atoms with E-state index in [1.165, 1.54) is 0 Å². The molecular weight excluding hydrogens is 280 g/mol. The Morgan fingerprint density at radius 3 is 2.77 bits per heavy atom. The number of amides is 2. The molecule has 0 aromatic carbocycles. The molecule has 0 aromatic heterocycles. The van der Waals surface area contributed by atoms with Crippen LogP contribution in [0.1, 0.15) is 40.5 Å². The van der Waals surface area contributed by atoms with Gasteiger partial charge in [0.25, 0.3) is 0 Å². The van der Waals surface area contributed by atoms with Gasteiger partial charge in [-0.2, -0.15) is 10.4 Å². The molecule has 0 radical (unpaired) electrons. The van der Waals surface area contributed by atoms with E-state index in [-0.39, 0.29) is 16.7 Å². The molecule has 0 fully saturated rings. The summed E-state index contributed by atoms with van der Waals surface area (Å²) in [4.78, 5) is 16.9. The van der Waals surface area contributed by atoms with Crippen LogP contribution in [0, 0.1) is 0 Å². The van der Waals surface area contributed by atoms with Crippen molar-refractivity contribution in [2.45, 2.75) is 46.6 Å². The summed E-state index contributed by atoms with van der Waals surface area (Å²) < 4.78 is 5.60. The Morgan fingerprint density at radius 1 is 1.45 bits per heavy atom. The minimum atomic E-state index is -0.234. The Morgan fingerprint density at radius 2 is 2.18 bits per heavy atom. The maximum absolute atomic E-state index is 12.3. The van der Waals surface area contributed by atoms with Gasteiger partial charge < -0.3 is 10.1 Å². The van der Waals surface area contributed by atoms with Gasteiger partial charge in [0.2, 0.25) is 11.5 Å². The van der Waals surface area contributed by atoms with Gasteiger partial charge in [0.15, 0.2) is 5.76 Å². The van der Waals surface area contributed by atoms with Gasteiger partial charge in [-0.1, -0.05) is 13.3 Å². The van der Waals surface area contributed by atoms with E-state index in [0.29, 0.717) is 0 Å². The lowest BCUT2D eigenvalue weighted by Gasteiger charge is -2.33. The number of hydrogen-bond acceptors (Lipinski definition) is 3. The van der Waals surface area contributed by atoms with E-state index in [9.17, 15) is 4.79 Å². The first-order chi connectivity index (χ1) is 10.4. The first-order valence-corrected chi connectivity index (χ1v) is 7.65. The summed E-state index contributed by atoms with van der Waals surface area (Å²) in [7, 11) is 1.64. The lowest BCUT2D eigenvalue weighted by molar-refractivity contribution is -0.784. The van der Waals surface area contributed by atoms with E-state index in [0.717, 1.165) is 35.8 Å². The quantitative estimate of drug-likeness (QED) is 0.767. The number of amidine groups is 1. The predicted octanol–water partition coefficient (Wildman–Crippen LogP) is 2.93. The summed E-state index contributed by atoms with van der Waals surface area (Å²) in [6, 6.07) is -0.173. The lowest BCUT2D eigenvalue weighted by atomic mass is 10.1. The maximum Gasteiger partial charge on any atom is 0.360 e. The molecule has 0 bridgehead atoms. The van der Waals surface area contributed by atoms with E-state index in [2.05, 4.69) is 22.7 Å². The monoisotopic (exact) mass is 305 g/mol. The van der Waals surface area contributed by atoms with Crippen molar-refractivity contribution in [1.29, 1.82) is 0 Å². The molecule has 6 nitrogen and oxygen atoms in total. The van der Waals surface area contributed by atoms with Crippen LogP contribution in [0.3, 0.4) is 0 Å². The number of fused-ring (bicyclic) bond motifs is 1. The van der Waals surface area contributed by atoms with Crippen molar-refractivity contribution in [2.75, 3.05) is 7.11 Å². The van der Waals surface area contributed by atoms with Gasteiger partial charge in [-0.05, 0) is 32.4 Å². The number of nitrogens with zero attached hydrogens (tertiary/aromatic N) is 2. The maximum atomic E-state index is 12.3. The van der Waals surface area contributed by atoms with Crippen LogP contribution in [0.2, 0.25) is 0 Å². The number of hydrogen-bond donors (Lipinski definition) is 2. The first kappa shape index (κ1) is 16.3. The van der Waals surface area contributed by atoms with Crippen molar-refractivity contribution >= 4 is 11.9 Å². The van der Waals surface area contributed by atoms with Crippen LogP contribution in [-0.2, 0) is 4.74 Å². The Hall–Kier alpha value is -2.08. The molecule has 2 aliphatic heterocycles. The highest BCUT2D eigenvalue weighted by atomic mass is 16.5. The molecule has 6 heteroatoms. The molecule has 2 amide bonds. The van der Waals surface area contributed by atoms with Crippen LogP contribution in [-0.4, -0.2) is 29.6 Å². The van der Waals surface area contributed by atoms with Gasteiger partial charge >= 0.3 is 6.03 Å². The van der Waals surface area contributed by atoms with Crippen molar-refractivity contribution in [1.82, 2.24) is 10.7 Å². The molecule has 2 heterocycles. The number of methoxy groups -OCH3 is 1. The van der Waals surface area contributed by atoms with E-state index in [1.54, 1.807) is 7.11 Å². The lowest BCUT2D eigenvalue weighted by Crippen LogP contribution is -2.61.